The molecule has 1 aliphatic heterocycles. The highest BCUT2D eigenvalue weighted by molar-refractivity contribution is 7.99. The number of hydrogen-bond acceptors (Lipinski definition) is 4. The van der Waals surface area contributed by atoms with E-state index in [1.165, 1.54) is 0 Å². The summed E-state index contributed by atoms with van der Waals surface area (Å²) >= 11 is 1.69. The molecule has 2 N–H and O–H groups in total. The molecule has 0 spiro atoms. The Morgan fingerprint density at radius 3 is 2.89 bits per heavy atom. The maximum atomic E-state index is 12.0. The van der Waals surface area contributed by atoms with Gasteiger partial charge < -0.3 is 20.1 Å². The lowest BCUT2D eigenvalue weighted by Gasteiger charge is -2.34. The maximum Gasteiger partial charge on any atom is 0.317 e. The van der Waals surface area contributed by atoms with E-state index in [0.717, 1.165) is 5.75 Å². The summed E-state index contributed by atoms with van der Waals surface area (Å²) < 4.78 is 5.34. The standard InChI is InChI=1S/C12H22N2O4S/c1-9(2)18-5-3-13-12(17)14-4-6-19-8-10(14)7-11(15)16/h9-10H,3-8H2,1-2H3,(H,13,17)(H,15,16). The number of nitrogens with one attached hydrogen (secondary N) is 1. The molecule has 0 radical (unpaired) electrons. The van der Waals surface area contributed by atoms with Crippen LogP contribution < -0.4 is 5.32 Å². The van der Waals surface area contributed by atoms with Crippen molar-refractivity contribution in [1.29, 1.82) is 0 Å². The number of urea groups is 1. The summed E-state index contributed by atoms with van der Waals surface area (Å²) in [6.45, 7) is 5.38. The van der Waals surface area contributed by atoms with Gasteiger partial charge in [0, 0.05) is 24.6 Å². The quantitative estimate of drug-likeness (QED) is 0.714. The topological polar surface area (TPSA) is 78.9 Å². The summed E-state index contributed by atoms with van der Waals surface area (Å²) in [5.41, 5.74) is 0. The van der Waals surface area contributed by atoms with Gasteiger partial charge in [-0.2, -0.15) is 11.8 Å². The van der Waals surface area contributed by atoms with Crippen LogP contribution in [0.25, 0.3) is 0 Å². The van der Waals surface area contributed by atoms with Crippen LogP contribution in [0.4, 0.5) is 4.79 Å². The number of nitrogens with zero attached hydrogens (tertiary/aromatic N) is 1. The van der Waals surface area contributed by atoms with Crippen LogP contribution in [0.5, 0.6) is 0 Å². The maximum absolute atomic E-state index is 12.0. The molecule has 0 aromatic heterocycles. The third-order valence-corrected chi connectivity index (χ3v) is 3.82. The highest BCUT2D eigenvalue weighted by atomic mass is 32.2. The number of carbonyl (C=O) groups excluding carboxylic acids is 1. The molecular formula is C12H22N2O4S. The smallest absolute Gasteiger partial charge is 0.317 e. The number of amides is 2. The molecule has 1 aliphatic rings. The first-order chi connectivity index (χ1) is 9.00. The zero-order chi connectivity index (χ0) is 14.3. The first-order valence-electron chi connectivity index (χ1n) is 6.46. The third-order valence-electron chi connectivity index (χ3n) is 2.73. The molecule has 0 aromatic rings. The number of thioether (sulfide) groups is 1. The lowest BCUT2D eigenvalue weighted by molar-refractivity contribution is -0.138. The predicted octanol–water partition coefficient (Wildman–Crippen LogP) is 1.01. The summed E-state index contributed by atoms with van der Waals surface area (Å²) in [5, 5.41) is 11.6. The number of carboxylic acids is 1. The molecule has 0 aliphatic carbocycles. The Labute approximate surface area is 117 Å². The molecule has 6 nitrogen and oxygen atoms in total. The zero-order valence-electron chi connectivity index (χ0n) is 11.4. The zero-order valence-corrected chi connectivity index (χ0v) is 12.2. The summed E-state index contributed by atoms with van der Waals surface area (Å²) in [5.74, 6) is 0.669. The van der Waals surface area contributed by atoms with Crippen molar-refractivity contribution in [2.24, 2.45) is 0 Å². The lowest BCUT2D eigenvalue weighted by atomic mass is 10.2. The second-order valence-corrected chi connectivity index (χ2v) is 5.82. The molecule has 7 heteroatoms. The molecule has 110 valence electrons. The molecule has 1 heterocycles. The largest absolute Gasteiger partial charge is 0.481 e. The molecule has 1 fully saturated rings. The first-order valence-corrected chi connectivity index (χ1v) is 7.61. The molecule has 1 rings (SSSR count). The number of aliphatic carboxylic acids is 1. The van der Waals surface area contributed by atoms with Crippen LogP contribution >= 0.6 is 11.8 Å². The summed E-state index contributed by atoms with van der Waals surface area (Å²) in [6.07, 6.45) is 0.145. The van der Waals surface area contributed by atoms with Gasteiger partial charge in [-0.05, 0) is 13.8 Å². The number of carbonyl (C=O) groups is 2. The van der Waals surface area contributed by atoms with Crippen molar-refractivity contribution in [3.05, 3.63) is 0 Å². The van der Waals surface area contributed by atoms with Gasteiger partial charge in [0.2, 0.25) is 0 Å². The van der Waals surface area contributed by atoms with Crippen LogP contribution in [-0.4, -0.2) is 65.4 Å². The first kappa shape index (κ1) is 16.1. The van der Waals surface area contributed by atoms with E-state index in [2.05, 4.69) is 5.32 Å². The molecule has 0 bridgehead atoms. The van der Waals surface area contributed by atoms with Crippen LogP contribution in [0.15, 0.2) is 0 Å². The van der Waals surface area contributed by atoms with E-state index in [4.69, 9.17) is 9.84 Å². The molecule has 0 aromatic carbocycles. The van der Waals surface area contributed by atoms with Crippen LogP contribution in [0, 0.1) is 0 Å². The van der Waals surface area contributed by atoms with E-state index in [1.54, 1.807) is 16.7 Å². The van der Waals surface area contributed by atoms with Crippen LogP contribution in [0.3, 0.4) is 0 Å². The fourth-order valence-electron chi connectivity index (χ4n) is 1.85. The molecule has 1 atom stereocenters. The lowest BCUT2D eigenvalue weighted by Crippen LogP contribution is -2.51. The minimum Gasteiger partial charge on any atom is -0.481 e. The monoisotopic (exact) mass is 290 g/mol. The van der Waals surface area contributed by atoms with Gasteiger partial charge >= 0.3 is 12.0 Å². The number of hydrogen-bond donors (Lipinski definition) is 2. The minimum atomic E-state index is -0.867. The van der Waals surface area contributed by atoms with Crippen molar-refractivity contribution in [3.8, 4) is 0 Å². The Kier molecular flexibility index (Phi) is 7.01. The Hall–Kier alpha value is -0.950. The van der Waals surface area contributed by atoms with Gasteiger partial charge in [0.1, 0.15) is 0 Å². The van der Waals surface area contributed by atoms with Crippen molar-refractivity contribution in [1.82, 2.24) is 10.2 Å². The van der Waals surface area contributed by atoms with Gasteiger partial charge in [-0.3, -0.25) is 4.79 Å². The Morgan fingerprint density at radius 1 is 1.53 bits per heavy atom. The fraction of sp³-hybridized carbons (Fsp3) is 0.833. The van der Waals surface area contributed by atoms with E-state index >= 15 is 0 Å². The van der Waals surface area contributed by atoms with Gasteiger partial charge in [-0.25, -0.2) is 4.79 Å². The van der Waals surface area contributed by atoms with E-state index in [-0.39, 0.29) is 24.6 Å². The van der Waals surface area contributed by atoms with Crippen LogP contribution in [0.1, 0.15) is 20.3 Å². The van der Waals surface area contributed by atoms with Gasteiger partial charge in [0.25, 0.3) is 0 Å². The van der Waals surface area contributed by atoms with Crippen LogP contribution in [-0.2, 0) is 9.53 Å². The van der Waals surface area contributed by atoms with Gasteiger partial charge in [0.15, 0.2) is 0 Å². The molecule has 2 amide bonds. The predicted molar refractivity (Wildman–Crippen MR) is 74.6 cm³/mol. The van der Waals surface area contributed by atoms with Crippen molar-refractivity contribution in [2.45, 2.75) is 32.4 Å². The van der Waals surface area contributed by atoms with E-state index in [9.17, 15) is 9.59 Å². The Bertz CT molecular complexity index is 312. The van der Waals surface area contributed by atoms with Crippen molar-refractivity contribution < 1.29 is 19.4 Å². The van der Waals surface area contributed by atoms with Gasteiger partial charge in [-0.1, -0.05) is 0 Å². The number of carboxylic acid groups (broad SMARTS) is 1. The SMILES string of the molecule is CC(C)OCCNC(=O)N1CCSCC1CC(=O)O. The average molecular weight is 290 g/mol. The third kappa shape index (κ3) is 6.15. The summed E-state index contributed by atoms with van der Waals surface area (Å²) in [4.78, 5) is 24.4. The van der Waals surface area contributed by atoms with Gasteiger partial charge in [0.05, 0.1) is 25.2 Å². The Balaban J connectivity index is 2.37. The minimum absolute atomic E-state index is 0.00289. The molecule has 19 heavy (non-hydrogen) atoms. The second kappa shape index (κ2) is 8.27. The van der Waals surface area contributed by atoms with Crippen molar-refractivity contribution in [2.75, 3.05) is 31.2 Å². The molecule has 0 saturated carbocycles. The Morgan fingerprint density at radius 2 is 2.26 bits per heavy atom. The molecular weight excluding hydrogens is 268 g/mol. The highest BCUT2D eigenvalue weighted by Gasteiger charge is 2.28. The molecule has 1 saturated heterocycles. The highest BCUT2D eigenvalue weighted by Crippen LogP contribution is 2.18. The van der Waals surface area contributed by atoms with Crippen molar-refractivity contribution >= 4 is 23.8 Å². The van der Waals surface area contributed by atoms with Crippen LogP contribution in [0.2, 0.25) is 0 Å². The van der Waals surface area contributed by atoms with Crippen molar-refractivity contribution in [3.63, 3.8) is 0 Å². The fourth-order valence-corrected chi connectivity index (χ4v) is 2.91. The van der Waals surface area contributed by atoms with Gasteiger partial charge in [-0.15, -0.1) is 0 Å². The second-order valence-electron chi connectivity index (χ2n) is 4.67. The molecule has 1 unspecified atom stereocenters. The van der Waals surface area contributed by atoms with E-state index in [1.807, 2.05) is 13.8 Å². The van der Waals surface area contributed by atoms with E-state index in [0.29, 0.717) is 25.4 Å². The number of rotatable bonds is 6. The number of ether oxygens (including phenoxy) is 1. The summed E-state index contributed by atoms with van der Waals surface area (Å²) in [7, 11) is 0. The summed E-state index contributed by atoms with van der Waals surface area (Å²) in [6, 6.07) is -0.416. The normalized spacial score (nSPS) is 19.5. The average Bonchev–Trinajstić information content (AvgIpc) is 2.34. The van der Waals surface area contributed by atoms with E-state index < -0.39 is 5.97 Å².